The molecule has 0 aliphatic rings. The number of pyridine rings is 1. The van der Waals surface area contributed by atoms with Crippen molar-refractivity contribution in [2.45, 2.75) is 13.3 Å². The highest BCUT2D eigenvalue weighted by Crippen LogP contribution is 2.36. The molecule has 0 saturated carbocycles. The van der Waals surface area contributed by atoms with Crippen LogP contribution in [0.4, 0.5) is 9.39 Å². The van der Waals surface area contributed by atoms with E-state index < -0.39 is 5.82 Å². The largest absolute Gasteiger partial charge is 0.389 e. The summed E-state index contributed by atoms with van der Waals surface area (Å²) in [5.41, 5.74) is 6.72. The van der Waals surface area contributed by atoms with Gasteiger partial charge >= 0.3 is 0 Å². The molecule has 0 bridgehead atoms. The number of hydrogen-bond acceptors (Lipinski definition) is 4. The van der Waals surface area contributed by atoms with Crippen LogP contribution in [0.3, 0.4) is 0 Å². The van der Waals surface area contributed by atoms with Crippen LogP contribution >= 0.6 is 11.3 Å². The fourth-order valence-corrected chi connectivity index (χ4v) is 2.47. The van der Waals surface area contributed by atoms with Crippen LogP contribution < -0.4 is 5.73 Å². The highest BCUT2D eigenvalue weighted by Gasteiger charge is 2.16. The molecule has 5 heteroatoms. The summed E-state index contributed by atoms with van der Waals surface area (Å²) in [6, 6.07) is 2.00. The van der Waals surface area contributed by atoms with Crippen molar-refractivity contribution in [2.24, 2.45) is 0 Å². The van der Waals surface area contributed by atoms with Crippen molar-refractivity contribution in [3.63, 3.8) is 0 Å². The van der Waals surface area contributed by atoms with E-state index in [0.29, 0.717) is 27.1 Å². The normalized spacial score (nSPS) is 10.5. The molecular formula is C10H8FN3S. The third-order valence-electron chi connectivity index (χ3n) is 2.22. The number of nitrogens with two attached hydrogens (primary N) is 1. The van der Waals surface area contributed by atoms with Crippen molar-refractivity contribution in [1.29, 1.82) is 5.26 Å². The molecular weight excluding hydrogens is 213 g/mol. The lowest BCUT2D eigenvalue weighted by Gasteiger charge is -1.99. The van der Waals surface area contributed by atoms with Gasteiger partial charge in [0.25, 0.3) is 0 Å². The maximum absolute atomic E-state index is 13.4. The number of halogens is 1. The van der Waals surface area contributed by atoms with Gasteiger partial charge in [0.2, 0.25) is 0 Å². The molecule has 2 aromatic heterocycles. The molecule has 2 N–H and O–H groups in total. The molecule has 0 spiro atoms. The monoisotopic (exact) mass is 221 g/mol. The maximum Gasteiger partial charge on any atom is 0.159 e. The van der Waals surface area contributed by atoms with E-state index in [1.807, 2.05) is 13.0 Å². The Morgan fingerprint density at radius 1 is 1.67 bits per heavy atom. The van der Waals surface area contributed by atoms with Crippen molar-refractivity contribution in [3.05, 3.63) is 23.3 Å². The number of rotatable bonds is 1. The second-order valence-electron chi connectivity index (χ2n) is 3.06. The molecule has 0 aliphatic carbocycles. The van der Waals surface area contributed by atoms with Gasteiger partial charge in [0.15, 0.2) is 5.82 Å². The van der Waals surface area contributed by atoms with Crippen molar-refractivity contribution in [2.75, 3.05) is 5.73 Å². The summed E-state index contributed by atoms with van der Waals surface area (Å²) in [6.45, 7) is 1.91. The molecule has 2 heterocycles. The molecule has 0 aromatic carbocycles. The Hall–Kier alpha value is -1.67. The van der Waals surface area contributed by atoms with Crippen LogP contribution in [0.25, 0.3) is 10.1 Å². The maximum atomic E-state index is 13.4. The average molecular weight is 221 g/mol. The first-order valence-corrected chi connectivity index (χ1v) is 5.26. The van der Waals surface area contributed by atoms with Crippen LogP contribution in [-0.2, 0) is 6.42 Å². The zero-order valence-electron chi connectivity index (χ0n) is 8.04. The van der Waals surface area contributed by atoms with Crippen LogP contribution in [0.5, 0.6) is 0 Å². The first-order valence-electron chi connectivity index (χ1n) is 4.44. The van der Waals surface area contributed by atoms with Crippen LogP contribution in [0.2, 0.25) is 0 Å². The third kappa shape index (κ3) is 1.34. The minimum absolute atomic E-state index is 0.346. The lowest BCUT2D eigenvalue weighted by atomic mass is 10.1. The summed E-state index contributed by atoms with van der Waals surface area (Å²) in [7, 11) is 0. The lowest BCUT2D eigenvalue weighted by molar-refractivity contribution is 0.634. The van der Waals surface area contributed by atoms with Gasteiger partial charge in [-0.25, -0.2) is 4.39 Å². The van der Waals surface area contributed by atoms with Crippen LogP contribution in [-0.4, -0.2) is 4.98 Å². The molecule has 0 amide bonds. The van der Waals surface area contributed by atoms with Gasteiger partial charge in [0.1, 0.15) is 11.1 Å². The molecule has 15 heavy (non-hydrogen) atoms. The van der Waals surface area contributed by atoms with E-state index in [1.54, 1.807) is 0 Å². The van der Waals surface area contributed by atoms with E-state index in [9.17, 15) is 4.39 Å². The Kier molecular flexibility index (Phi) is 2.29. The average Bonchev–Trinajstić information content (AvgIpc) is 2.56. The SMILES string of the molecule is CCc1ncc(F)c2sc(N)c(C#N)c12. The summed E-state index contributed by atoms with van der Waals surface area (Å²) < 4.78 is 13.8. The minimum atomic E-state index is -0.416. The fourth-order valence-electron chi connectivity index (χ4n) is 1.53. The smallest absolute Gasteiger partial charge is 0.159 e. The van der Waals surface area contributed by atoms with Gasteiger partial charge in [0.05, 0.1) is 22.2 Å². The summed E-state index contributed by atoms with van der Waals surface area (Å²) in [5, 5.41) is 9.87. The van der Waals surface area contributed by atoms with Crippen LogP contribution in [0, 0.1) is 17.1 Å². The van der Waals surface area contributed by atoms with Gasteiger partial charge in [-0.3, -0.25) is 4.98 Å². The number of nitrogen functional groups attached to an aromatic ring is 1. The predicted octanol–water partition coefficient (Wildman–Crippen LogP) is 2.45. The van der Waals surface area contributed by atoms with E-state index in [4.69, 9.17) is 11.0 Å². The Morgan fingerprint density at radius 2 is 2.40 bits per heavy atom. The molecule has 0 fully saturated rings. The molecule has 0 aliphatic heterocycles. The Balaban J connectivity index is 2.97. The van der Waals surface area contributed by atoms with E-state index in [2.05, 4.69) is 4.98 Å². The molecule has 3 nitrogen and oxygen atoms in total. The number of thiophene rings is 1. The van der Waals surface area contributed by atoms with Gasteiger partial charge in [-0.1, -0.05) is 6.92 Å². The molecule has 0 atom stereocenters. The topological polar surface area (TPSA) is 62.7 Å². The molecule has 76 valence electrons. The third-order valence-corrected chi connectivity index (χ3v) is 3.25. The second kappa shape index (κ2) is 3.48. The van der Waals surface area contributed by atoms with E-state index in [-0.39, 0.29) is 0 Å². The van der Waals surface area contributed by atoms with E-state index >= 15 is 0 Å². The summed E-state index contributed by atoms with van der Waals surface area (Å²) in [6.07, 6.45) is 1.83. The van der Waals surface area contributed by atoms with Crippen molar-refractivity contribution >= 4 is 26.4 Å². The predicted molar refractivity (Wildman–Crippen MR) is 58.1 cm³/mol. The van der Waals surface area contributed by atoms with Crippen LogP contribution in [0.1, 0.15) is 18.2 Å². The summed E-state index contributed by atoms with van der Waals surface area (Å²) >= 11 is 1.10. The van der Waals surface area contributed by atoms with E-state index in [0.717, 1.165) is 17.0 Å². The number of aryl methyl sites for hydroxylation is 1. The number of hydrogen-bond donors (Lipinski definition) is 1. The zero-order chi connectivity index (χ0) is 11.0. The zero-order valence-corrected chi connectivity index (χ0v) is 8.86. The highest BCUT2D eigenvalue weighted by molar-refractivity contribution is 7.23. The number of anilines is 1. The Labute approximate surface area is 90.0 Å². The Bertz CT molecular complexity index is 568. The minimum Gasteiger partial charge on any atom is -0.389 e. The van der Waals surface area contributed by atoms with Gasteiger partial charge in [-0.15, -0.1) is 11.3 Å². The second-order valence-corrected chi connectivity index (χ2v) is 4.12. The lowest BCUT2D eigenvalue weighted by Crippen LogP contribution is -1.91. The van der Waals surface area contributed by atoms with E-state index in [1.165, 1.54) is 6.20 Å². The Morgan fingerprint density at radius 3 is 3.00 bits per heavy atom. The van der Waals surface area contributed by atoms with Gasteiger partial charge in [-0.2, -0.15) is 5.26 Å². The van der Waals surface area contributed by atoms with Crippen LogP contribution in [0.15, 0.2) is 6.20 Å². The first-order chi connectivity index (χ1) is 7.19. The van der Waals surface area contributed by atoms with Gasteiger partial charge in [-0.05, 0) is 6.42 Å². The summed E-state index contributed by atoms with van der Waals surface area (Å²) in [5.74, 6) is -0.416. The van der Waals surface area contributed by atoms with Crippen molar-refractivity contribution in [1.82, 2.24) is 4.98 Å². The van der Waals surface area contributed by atoms with Gasteiger partial charge < -0.3 is 5.73 Å². The molecule has 0 unspecified atom stereocenters. The standard InChI is InChI=1S/C10H8FN3S/c1-2-7-8-5(3-12)10(13)15-9(8)6(11)4-14-7/h4H,2,13H2,1H3. The molecule has 0 saturated heterocycles. The number of aromatic nitrogens is 1. The number of nitrogens with zero attached hydrogens (tertiary/aromatic N) is 2. The first kappa shape index (κ1) is 9.87. The van der Waals surface area contributed by atoms with Crippen molar-refractivity contribution in [3.8, 4) is 6.07 Å². The summed E-state index contributed by atoms with van der Waals surface area (Å²) in [4.78, 5) is 3.97. The highest BCUT2D eigenvalue weighted by atomic mass is 32.1. The van der Waals surface area contributed by atoms with Gasteiger partial charge in [0, 0.05) is 5.39 Å². The molecule has 2 rings (SSSR count). The number of nitriles is 1. The molecule has 0 radical (unpaired) electrons. The fraction of sp³-hybridized carbons (Fsp3) is 0.200. The quantitative estimate of drug-likeness (QED) is 0.804. The molecule has 2 aromatic rings. The number of fused-ring (bicyclic) bond motifs is 1. The van der Waals surface area contributed by atoms with Crippen molar-refractivity contribution < 1.29 is 4.39 Å².